The summed E-state index contributed by atoms with van der Waals surface area (Å²) in [6, 6.07) is 28.2. The molecule has 3 aromatic rings. The number of amides is 1. The third kappa shape index (κ3) is 5.07. The smallest absolute Gasteiger partial charge is 0.262 e. The Kier molecular flexibility index (Phi) is 6.00. The first-order valence-electron chi connectivity index (χ1n) is 8.50. The zero-order valence-corrected chi connectivity index (χ0v) is 14.6. The van der Waals surface area contributed by atoms with E-state index >= 15 is 0 Å². The summed E-state index contributed by atoms with van der Waals surface area (Å²) in [6.07, 6.45) is 1.76. The number of rotatable bonds is 6. The Morgan fingerprint density at radius 1 is 0.926 bits per heavy atom. The minimum Gasteiger partial charge on any atom is -0.483 e. The van der Waals surface area contributed by atoms with Gasteiger partial charge in [0.15, 0.2) is 6.61 Å². The highest BCUT2D eigenvalue weighted by molar-refractivity contribution is 5.92. The van der Waals surface area contributed by atoms with Gasteiger partial charge in [-0.2, -0.15) is 5.26 Å². The number of nitrogens with one attached hydrogen (secondary N) is 1. The van der Waals surface area contributed by atoms with Gasteiger partial charge in [0.25, 0.3) is 5.91 Å². The first kappa shape index (κ1) is 18.0. The number of benzene rings is 3. The Morgan fingerprint density at radius 3 is 2.26 bits per heavy atom. The van der Waals surface area contributed by atoms with E-state index in [0.29, 0.717) is 11.3 Å². The van der Waals surface area contributed by atoms with Gasteiger partial charge in [-0.1, -0.05) is 66.7 Å². The van der Waals surface area contributed by atoms with Crippen LogP contribution in [-0.4, -0.2) is 12.5 Å². The predicted octanol–water partition coefficient (Wildman–Crippen LogP) is 4.77. The number of nitriles is 1. The SMILES string of the molecule is N#C/C(=C\c1ccccc1OCC(=O)Nc1ccccc1)c1ccccc1. The van der Waals surface area contributed by atoms with Crippen molar-refractivity contribution in [1.82, 2.24) is 0 Å². The second-order valence-corrected chi connectivity index (χ2v) is 5.78. The number of allylic oxidation sites excluding steroid dienone is 1. The fraction of sp³-hybridized carbons (Fsp3) is 0.0435. The molecule has 0 aliphatic rings. The molecule has 0 atom stereocenters. The maximum absolute atomic E-state index is 12.1. The second kappa shape index (κ2) is 9.02. The van der Waals surface area contributed by atoms with Crippen LogP contribution in [0.15, 0.2) is 84.9 Å². The molecular formula is C23H18N2O2. The molecule has 0 unspecified atom stereocenters. The van der Waals surface area contributed by atoms with Crippen LogP contribution in [0, 0.1) is 11.3 Å². The lowest BCUT2D eigenvalue weighted by Gasteiger charge is -2.10. The molecule has 3 aromatic carbocycles. The van der Waals surface area contributed by atoms with Crippen molar-refractivity contribution in [3.63, 3.8) is 0 Å². The van der Waals surface area contributed by atoms with Crippen LogP contribution in [-0.2, 0) is 4.79 Å². The van der Waals surface area contributed by atoms with Gasteiger partial charge in [0, 0.05) is 11.3 Å². The number of carbonyl (C=O) groups excluding carboxylic acids is 1. The molecule has 3 rings (SSSR count). The highest BCUT2D eigenvalue weighted by Gasteiger charge is 2.08. The van der Waals surface area contributed by atoms with E-state index in [0.717, 1.165) is 16.8 Å². The van der Waals surface area contributed by atoms with E-state index in [4.69, 9.17) is 4.74 Å². The van der Waals surface area contributed by atoms with Gasteiger partial charge in [-0.3, -0.25) is 4.79 Å². The van der Waals surface area contributed by atoms with Gasteiger partial charge in [0.1, 0.15) is 5.75 Å². The molecule has 4 heteroatoms. The number of para-hydroxylation sites is 2. The summed E-state index contributed by atoms with van der Waals surface area (Å²) in [6.45, 7) is -0.118. The van der Waals surface area contributed by atoms with Gasteiger partial charge in [-0.05, 0) is 29.8 Å². The van der Waals surface area contributed by atoms with E-state index in [9.17, 15) is 10.1 Å². The summed E-state index contributed by atoms with van der Waals surface area (Å²) in [4.78, 5) is 12.1. The largest absolute Gasteiger partial charge is 0.483 e. The van der Waals surface area contributed by atoms with E-state index in [-0.39, 0.29) is 12.5 Å². The lowest BCUT2D eigenvalue weighted by molar-refractivity contribution is -0.118. The number of nitrogens with zero attached hydrogens (tertiary/aromatic N) is 1. The fourth-order valence-electron chi connectivity index (χ4n) is 2.55. The summed E-state index contributed by atoms with van der Waals surface area (Å²) in [5.41, 5.74) is 2.82. The maximum atomic E-state index is 12.1. The first-order chi connectivity index (χ1) is 13.3. The number of carbonyl (C=O) groups is 1. The Hall–Kier alpha value is -3.84. The third-order valence-electron chi connectivity index (χ3n) is 3.84. The van der Waals surface area contributed by atoms with Gasteiger partial charge < -0.3 is 10.1 Å². The molecule has 0 aliphatic carbocycles. The summed E-state index contributed by atoms with van der Waals surface area (Å²) in [7, 11) is 0. The quantitative estimate of drug-likeness (QED) is 0.512. The topological polar surface area (TPSA) is 62.1 Å². The van der Waals surface area contributed by atoms with Gasteiger partial charge in [0.05, 0.1) is 11.6 Å². The summed E-state index contributed by atoms with van der Waals surface area (Å²) >= 11 is 0. The number of hydrogen-bond acceptors (Lipinski definition) is 3. The van der Waals surface area contributed by atoms with Crippen LogP contribution in [0.4, 0.5) is 5.69 Å². The van der Waals surface area contributed by atoms with Crippen molar-refractivity contribution in [1.29, 1.82) is 5.26 Å². The Morgan fingerprint density at radius 2 is 1.56 bits per heavy atom. The average Bonchev–Trinajstić information content (AvgIpc) is 2.72. The van der Waals surface area contributed by atoms with E-state index in [1.54, 1.807) is 12.1 Å². The number of ether oxygens (including phenoxy) is 1. The Labute approximate surface area is 158 Å². The van der Waals surface area contributed by atoms with Gasteiger partial charge in [-0.15, -0.1) is 0 Å². The second-order valence-electron chi connectivity index (χ2n) is 5.78. The van der Waals surface area contributed by atoms with Gasteiger partial charge in [0.2, 0.25) is 0 Å². The van der Waals surface area contributed by atoms with Crippen LogP contribution >= 0.6 is 0 Å². The van der Waals surface area contributed by atoms with Crippen LogP contribution in [0.5, 0.6) is 5.75 Å². The molecule has 0 spiro atoms. The molecule has 0 aliphatic heterocycles. The van der Waals surface area contributed by atoms with Crippen LogP contribution in [0.2, 0.25) is 0 Å². The standard InChI is InChI=1S/C23H18N2O2/c24-16-20(18-9-3-1-4-10-18)15-19-11-7-8-14-22(19)27-17-23(26)25-21-12-5-2-6-13-21/h1-15H,17H2,(H,25,26)/b20-15+. The van der Waals surface area contributed by atoms with Crippen molar-refractivity contribution in [2.24, 2.45) is 0 Å². The van der Waals surface area contributed by atoms with E-state index < -0.39 is 0 Å². The van der Waals surface area contributed by atoms with Crippen LogP contribution in [0.3, 0.4) is 0 Å². The molecule has 0 heterocycles. The van der Waals surface area contributed by atoms with Crippen LogP contribution in [0.25, 0.3) is 11.6 Å². The van der Waals surface area contributed by atoms with Crippen molar-refractivity contribution in [2.75, 3.05) is 11.9 Å². The Bertz CT molecular complexity index is 974. The van der Waals surface area contributed by atoms with E-state index in [1.165, 1.54) is 0 Å². The average molecular weight is 354 g/mol. The minimum absolute atomic E-state index is 0.118. The molecule has 0 aromatic heterocycles. The lowest BCUT2D eigenvalue weighted by Crippen LogP contribution is -2.20. The zero-order valence-electron chi connectivity index (χ0n) is 14.6. The number of anilines is 1. The molecular weight excluding hydrogens is 336 g/mol. The highest BCUT2D eigenvalue weighted by Crippen LogP contribution is 2.24. The summed E-state index contributed by atoms with van der Waals surface area (Å²) in [5, 5.41) is 12.3. The lowest BCUT2D eigenvalue weighted by atomic mass is 10.0. The molecule has 0 saturated heterocycles. The van der Waals surface area contributed by atoms with Crippen molar-refractivity contribution in [2.45, 2.75) is 0 Å². The molecule has 0 radical (unpaired) electrons. The summed E-state index contributed by atoms with van der Waals surface area (Å²) in [5.74, 6) is 0.299. The van der Waals surface area contributed by atoms with Crippen LogP contribution < -0.4 is 10.1 Å². The van der Waals surface area contributed by atoms with Crippen LogP contribution in [0.1, 0.15) is 11.1 Å². The molecule has 27 heavy (non-hydrogen) atoms. The van der Waals surface area contributed by atoms with Gasteiger partial charge >= 0.3 is 0 Å². The summed E-state index contributed by atoms with van der Waals surface area (Å²) < 4.78 is 5.69. The van der Waals surface area contributed by atoms with Crippen molar-refractivity contribution < 1.29 is 9.53 Å². The normalized spacial score (nSPS) is 10.7. The molecule has 132 valence electrons. The molecule has 0 bridgehead atoms. The van der Waals surface area contributed by atoms with Crippen molar-refractivity contribution >= 4 is 23.2 Å². The monoisotopic (exact) mass is 354 g/mol. The van der Waals surface area contributed by atoms with Crippen molar-refractivity contribution in [3.05, 3.63) is 96.1 Å². The molecule has 1 N–H and O–H groups in total. The Balaban J connectivity index is 1.73. The molecule has 4 nitrogen and oxygen atoms in total. The van der Waals surface area contributed by atoms with Crippen molar-refractivity contribution in [3.8, 4) is 11.8 Å². The molecule has 0 fully saturated rings. The molecule has 0 saturated carbocycles. The maximum Gasteiger partial charge on any atom is 0.262 e. The first-order valence-corrected chi connectivity index (χ1v) is 8.50. The van der Waals surface area contributed by atoms with E-state index in [1.807, 2.05) is 78.9 Å². The van der Waals surface area contributed by atoms with Gasteiger partial charge in [-0.25, -0.2) is 0 Å². The number of hydrogen-bond donors (Lipinski definition) is 1. The molecule has 1 amide bonds. The van der Waals surface area contributed by atoms with E-state index in [2.05, 4.69) is 11.4 Å². The minimum atomic E-state index is -0.247. The third-order valence-corrected chi connectivity index (χ3v) is 3.84. The zero-order chi connectivity index (χ0) is 18.9. The fourth-order valence-corrected chi connectivity index (χ4v) is 2.55. The highest BCUT2D eigenvalue weighted by atomic mass is 16.5. The predicted molar refractivity (Wildman–Crippen MR) is 107 cm³/mol.